The van der Waals surface area contributed by atoms with Crippen molar-refractivity contribution < 1.29 is 19.4 Å². The quantitative estimate of drug-likeness (QED) is 0.108. The first-order chi connectivity index (χ1) is 14.3. The molecule has 6 nitrogen and oxygen atoms in total. The summed E-state index contributed by atoms with van der Waals surface area (Å²) >= 11 is 6.59. The van der Waals surface area contributed by atoms with Gasteiger partial charge < -0.3 is 14.6 Å². The molecule has 2 fully saturated rings. The van der Waals surface area contributed by atoms with Gasteiger partial charge in [0.05, 0.1) is 25.4 Å². The Balaban J connectivity index is 1.94. The number of epoxide rings is 1. The molecule has 1 aliphatic carbocycles. The number of aliphatic hydroxyl groups excluding tert-OH is 1. The second-order valence-electron chi connectivity index (χ2n) is 9.44. The van der Waals surface area contributed by atoms with Gasteiger partial charge in [0.15, 0.2) is 0 Å². The molecule has 7 atom stereocenters. The number of hydrogen-bond donors (Lipinski definition) is 1. The molecule has 7 heteroatoms. The highest BCUT2D eigenvalue weighted by Gasteiger charge is 2.59. The molecule has 1 saturated heterocycles. The molecule has 30 heavy (non-hydrogen) atoms. The Hall–Kier alpha value is -0.980. The number of esters is 1. The Morgan fingerprint density at radius 2 is 2.10 bits per heavy atom. The Bertz CT molecular complexity index is 596. The predicted molar refractivity (Wildman–Crippen MR) is 118 cm³/mol. The standard InChI is InChI=1S/C23H38ClNO5/c1-5-6-13-23(2,3)22(27)21-20(30-21)19-15(16(24)14-17(19)25-28)11-9-7-8-10-12-18(26)29-4/h7,9,15-17,19-22,27H,5-6,8,10-14H2,1-4H3/b9-7-/t15-,16+,17+,19+,20-,21?,22+/m0/s1. The number of nitrogens with zero attached hydrogens (tertiary/aromatic N) is 1. The van der Waals surface area contributed by atoms with Gasteiger partial charge in [-0.15, -0.1) is 11.6 Å². The molecule has 2 aliphatic rings. The Morgan fingerprint density at radius 1 is 1.37 bits per heavy atom. The second-order valence-corrected chi connectivity index (χ2v) is 10.0. The number of carbonyl (C=O) groups excluding carboxylic acids is 1. The van der Waals surface area contributed by atoms with E-state index >= 15 is 0 Å². The average Bonchev–Trinajstić information content (AvgIpc) is 3.45. The number of methoxy groups -OCH3 is 1. The molecule has 0 radical (unpaired) electrons. The van der Waals surface area contributed by atoms with Gasteiger partial charge in [0, 0.05) is 17.7 Å². The molecule has 1 aliphatic heterocycles. The van der Waals surface area contributed by atoms with Crippen LogP contribution in [0.4, 0.5) is 0 Å². The van der Waals surface area contributed by atoms with E-state index in [9.17, 15) is 14.8 Å². The minimum Gasteiger partial charge on any atom is -0.469 e. The highest BCUT2D eigenvalue weighted by molar-refractivity contribution is 6.21. The van der Waals surface area contributed by atoms with E-state index in [4.69, 9.17) is 16.3 Å². The smallest absolute Gasteiger partial charge is 0.305 e. The van der Waals surface area contributed by atoms with Crippen LogP contribution in [-0.2, 0) is 14.3 Å². The van der Waals surface area contributed by atoms with Crippen LogP contribution in [0.25, 0.3) is 0 Å². The van der Waals surface area contributed by atoms with E-state index in [0.29, 0.717) is 12.8 Å². The van der Waals surface area contributed by atoms with Gasteiger partial charge in [-0.25, -0.2) is 0 Å². The lowest BCUT2D eigenvalue weighted by Crippen LogP contribution is -2.37. The molecule has 0 spiro atoms. The third-order valence-electron chi connectivity index (χ3n) is 6.79. The Morgan fingerprint density at radius 3 is 2.73 bits per heavy atom. The zero-order chi connectivity index (χ0) is 22.3. The number of nitroso groups, excluding NO2 is 1. The summed E-state index contributed by atoms with van der Waals surface area (Å²) in [6, 6.07) is -0.369. The fraction of sp³-hybridized carbons (Fsp3) is 0.870. The number of allylic oxidation sites excluding steroid dienone is 2. The van der Waals surface area contributed by atoms with Gasteiger partial charge in [-0.3, -0.25) is 4.79 Å². The van der Waals surface area contributed by atoms with Crippen molar-refractivity contribution >= 4 is 17.6 Å². The van der Waals surface area contributed by atoms with E-state index in [-0.39, 0.29) is 46.8 Å². The molecule has 0 aromatic carbocycles. The van der Waals surface area contributed by atoms with Crippen LogP contribution in [0.2, 0.25) is 0 Å². The minimum atomic E-state index is -0.565. The molecular formula is C23H38ClNO5. The van der Waals surface area contributed by atoms with Crippen molar-refractivity contribution in [1.29, 1.82) is 0 Å². The summed E-state index contributed by atoms with van der Waals surface area (Å²) in [6.45, 7) is 6.30. The zero-order valence-electron chi connectivity index (χ0n) is 18.8. The number of rotatable bonds is 13. The predicted octanol–water partition coefficient (Wildman–Crippen LogP) is 5.00. The fourth-order valence-corrected chi connectivity index (χ4v) is 5.19. The molecule has 1 N–H and O–H groups in total. The second kappa shape index (κ2) is 11.6. The molecule has 0 aromatic heterocycles. The minimum absolute atomic E-state index is 0.0636. The lowest BCUT2D eigenvalue weighted by atomic mass is 9.77. The van der Waals surface area contributed by atoms with Crippen LogP contribution in [0.3, 0.4) is 0 Å². The largest absolute Gasteiger partial charge is 0.469 e. The van der Waals surface area contributed by atoms with Crippen LogP contribution < -0.4 is 0 Å². The molecule has 1 saturated carbocycles. The third kappa shape index (κ3) is 6.51. The molecule has 2 rings (SSSR count). The van der Waals surface area contributed by atoms with Crippen LogP contribution in [0.1, 0.15) is 72.1 Å². The summed E-state index contributed by atoms with van der Waals surface area (Å²) in [4.78, 5) is 22.6. The highest BCUT2D eigenvalue weighted by Crippen LogP contribution is 2.50. The van der Waals surface area contributed by atoms with Crippen LogP contribution >= 0.6 is 11.6 Å². The van der Waals surface area contributed by atoms with Gasteiger partial charge in [0.25, 0.3) is 0 Å². The first-order valence-corrected chi connectivity index (χ1v) is 11.7. The lowest BCUT2D eigenvalue weighted by Gasteiger charge is -2.30. The maximum Gasteiger partial charge on any atom is 0.305 e. The van der Waals surface area contributed by atoms with E-state index in [0.717, 1.165) is 38.5 Å². The van der Waals surface area contributed by atoms with Crippen LogP contribution in [0.5, 0.6) is 0 Å². The molecule has 1 unspecified atom stereocenters. The van der Waals surface area contributed by atoms with Crippen molar-refractivity contribution in [3.8, 4) is 0 Å². The number of aliphatic hydroxyl groups is 1. The van der Waals surface area contributed by atoms with E-state index in [1.807, 2.05) is 0 Å². The molecule has 1 heterocycles. The van der Waals surface area contributed by atoms with E-state index in [2.05, 4.69) is 42.8 Å². The monoisotopic (exact) mass is 443 g/mol. The van der Waals surface area contributed by atoms with Gasteiger partial charge in [-0.1, -0.05) is 50.9 Å². The number of unbranched alkanes of at least 4 members (excludes halogenated alkanes) is 2. The van der Waals surface area contributed by atoms with Crippen molar-refractivity contribution in [2.75, 3.05) is 7.11 Å². The molecule has 0 bridgehead atoms. The van der Waals surface area contributed by atoms with Gasteiger partial charge in [0.1, 0.15) is 6.10 Å². The van der Waals surface area contributed by atoms with Gasteiger partial charge >= 0.3 is 5.97 Å². The highest BCUT2D eigenvalue weighted by atomic mass is 35.5. The first-order valence-electron chi connectivity index (χ1n) is 11.3. The zero-order valence-corrected chi connectivity index (χ0v) is 19.5. The Kier molecular flexibility index (Phi) is 9.76. The summed E-state index contributed by atoms with van der Waals surface area (Å²) in [5, 5.41) is 14.1. The molecule has 172 valence electrons. The van der Waals surface area contributed by atoms with E-state index < -0.39 is 6.10 Å². The third-order valence-corrected chi connectivity index (χ3v) is 7.29. The van der Waals surface area contributed by atoms with Crippen LogP contribution in [0.15, 0.2) is 17.3 Å². The molecule has 0 aromatic rings. The van der Waals surface area contributed by atoms with Crippen molar-refractivity contribution in [2.45, 2.75) is 102 Å². The number of carbonyl (C=O) groups is 1. The summed E-state index contributed by atoms with van der Waals surface area (Å²) in [5.41, 5.74) is -0.229. The topological polar surface area (TPSA) is 88.5 Å². The first kappa shape index (κ1) is 25.3. The lowest BCUT2D eigenvalue weighted by molar-refractivity contribution is -0.140. The van der Waals surface area contributed by atoms with Crippen molar-refractivity contribution in [3.63, 3.8) is 0 Å². The molecular weight excluding hydrogens is 406 g/mol. The van der Waals surface area contributed by atoms with Crippen molar-refractivity contribution in [2.24, 2.45) is 22.4 Å². The number of ether oxygens (including phenoxy) is 2. The summed E-state index contributed by atoms with van der Waals surface area (Å²) in [7, 11) is 1.39. The van der Waals surface area contributed by atoms with E-state index in [1.54, 1.807) is 0 Å². The summed E-state index contributed by atoms with van der Waals surface area (Å²) in [6.07, 6.45) is 9.49. The van der Waals surface area contributed by atoms with Crippen LogP contribution in [-0.4, -0.2) is 47.9 Å². The van der Waals surface area contributed by atoms with Gasteiger partial charge in [-0.05, 0) is 43.4 Å². The summed E-state index contributed by atoms with van der Waals surface area (Å²) < 4.78 is 10.6. The van der Waals surface area contributed by atoms with E-state index in [1.165, 1.54) is 7.11 Å². The van der Waals surface area contributed by atoms with Crippen molar-refractivity contribution in [1.82, 2.24) is 0 Å². The van der Waals surface area contributed by atoms with Gasteiger partial charge in [0.2, 0.25) is 0 Å². The normalized spacial score (nSPS) is 32.3. The van der Waals surface area contributed by atoms with Crippen LogP contribution in [0, 0.1) is 22.2 Å². The fourth-order valence-electron chi connectivity index (χ4n) is 4.73. The number of hydrogen-bond acceptors (Lipinski definition) is 6. The maximum absolute atomic E-state index is 11.5. The number of halogens is 1. The average molecular weight is 444 g/mol. The maximum atomic E-state index is 11.5. The SMILES string of the molecule is CCCCC(C)(C)[C@H](O)C1O[C@H]1[C@@H]1[C@@H](C/C=C\CCCC(=O)OC)[C@H](Cl)C[C@H]1N=O. The number of alkyl halides is 1. The summed E-state index contributed by atoms with van der Waals surface area (Å²) in [5.74, 6) is -0.171. The van der Waals surface area contributed by atoms with Gasteiger partial charge in [-0.2, -0.15) is 4.91 Å². The Labute approximate surface area is 185 Å². The van der Waals surface area contributed by atoms with Crippen molar-refractivity contribution in [3.05, 3.63) is 17.1 Å². The molecule has 0 amide bonds.